The summed E-state index contributed by atoms with van der Waals surface area (Å²) in [6.45, 7) is 3.43. The molecule has 0 aliphatic carbocycles. The molecular formula is C16H24Br2N4O4S. The van der Waals surface area contributed by atoms with Crippen LogP contribution in [0.5, 0.6) is 0 Å². The zero-order chi connectivity index (χ0) is 20.0. The van der Waals surface area contributed by atoms with Crippen molar-refractivity contribution >= 4 is 53.3 Å². The summed E-state index contributed by atoms with van der Waals surface area (Å²) in [5.41, 5.74) is 0.277. The highest BCUT2D eigenvalue weighted by Gasteiger charge is 2.31. The molecule has 0 N–H and O–H groups in total. The van der Waals surface area contributed by atoms with Crippen LogP contribution in [-0.2, 0) is 10.0 Å². The van der Waals surface area contributed by atoms with Gasteiger partial charge in [-0.05, 0) is 26.1 Å². The van der Waals surface area contributed by atoms with Crippen LogP contribution in [0.15, 0.2) is 23.1 Å². The van der Waals surface area contributed by atoms with Gasteiger partial charge in [-0.1, -0.05) is 31.9 Å². The van der Waals surface area contributed by atoms with Crippen LogP contribution in [0.2, 0.25) is 0 Å². The van der Waals surface area contributed by atoms with E-state index >= 15 is 0 Å². The summed E-state index contributed by atoms with van der Waals surface area (Å²) in [4.78, 5) is 14.7. The Bertz CT molecular complexity index is 757. The fourth-order valence-corrected chi connectivity index (χ4v) is 5.60. The minimum absolute atomic E-state index is 0.00292. The zero-order valence-electron chi connectivity index (χ0n) is 15.2. The van der Waals surface area contributed by atoms with E-state index in [9.17, 15) is 18.5 Å². The molecular weight excluding hydrogens is 504 g/mol. The first kappa shape index (κ1) is 22.5. The van der Waals surface area contributed by atoms with Gasteiger partial charge in [0, 0.05) is 55.5 Å². The summed E-state index contributed by atoms with van der Waals surface area (Å²) in [6.07, 6.45) is 0.729. The lowest BCUT2D eigenvalue weighted by molar-refractivity contribution is -0.385. The highest BCUT2D eigenvalue weighted by atomic mass is 79.9. The van der Waals surface area contributed by atoms with Crippen molar-refractivity contribution in [3.63, 3.8) is 0 Å². The van der Waals surface area contributed by atoms with Crippen LogP contribution in [0.4, 0.5) is 11.4 Å². The smallest absolute Gasteiger partial charge is 0.270 e. The van der Waals surface area contributed by atoms with Crippen LogP contribution < -0.4 is 4.90 Å². The summed E-state index contributed by atoms with van der Waals surface area (Å²) in [7, 11) is -1.89. The van der Waals surface area contributed by atoms with Gasteiger partial charge < -0.3 is 9.80 Å². The van der Waals surface area contributed by atoms with E-state index in [2.05, 4.69) is 36.8 Å². The number of hydrogen-bond acceptors (Lipinski definition) is 6. The third kappa shape index (κ3) is 5.63. The Morgan fingerprint density at radius 1 is 1.15 bits per heavy atom. The second-order valence-electron chi connectivity index (χ2n) is 6.34. The molecule has 0 amide bonds. The molecule has 1 aliphatic heterocycles. The molecule has 0 aromatic heterocycles. The molecule has 1 heterocycles. The first-order valence-electron chi connectivity index (χ1n) is 8.65. The van der Waals surface area contributed by atoms with E-state index in [1.165, 1.54) is 16.4 Å². The Balaban J connectivity index is 2.52. The standard InChI is InChI=1S/C16H24Br2N4O4S/c1-19-7-2-8-21(12-11-19)27(25,26)16-13-14(22(23)24)3-4-15(16)20(9-5-17)10-6-18/h3-4,13H,2,5-12H2,1H3. The Labute approximate surface area is 177 Å². The quantitative estimate of drug-likeness (QED) is 0.293. The van der Waals surface area contributed by atoms with Gasteiger partial charge in [0.05, 0.1) is 10.6 Å². The molecule has 0 saturated carbocycles. The largest absolute Gasteiger partial charge is 0.369 e. The van der Waals surface area contributed by atoms with Crippen LogP contribution in [0.25, 0.3) is 0 Å². The molecule has 1 fully saturated rings. The minimum atomic E-state index is -3.85. The number of sulfonamides is 1. The van der Waals surface area contributed by atoms with Gasteiger partial charge >= 0.3 is 0 Å². The maximum atomic E-state index is 13.4. The van der Waals surface area contributed by atoms with Crippen molar-refractivity contribution in [2.45, 2.75) is 11.3 Å². The van der Waals surface area contributed by atoms with Crippen molar-refractivity contribution in [1.82, 2.24) is 9.21 Å². The number of nitrogens with zero attached hydrogens (tertiary/aromatic N) is 4. The number of halogens is 2. The molecule has 0 radical (unpaired) electrons. The number of hydrogen-bond donors (Lipinski definition) is 0. The van der Waals surface area contributed by atoms with Crippen LogP contribution in [-0.4, -0.2) is 79.5 Å². The molecule has 1 aliphatic rings. The molecule has 0 spiro atoms. The van der Waals surface area contributed by atoms with E-state index in [-0.39, 0.29) is 10.6 Å². The van der Waals surface area contributed by atoms with Gasteiger partial charge in [-0.3, -0.25) is 10.1 Å². The summed E-state index contributed by atoms with van der Waals surface area (Å²) < 4.78 is 28.2. The summed E-state index contributed by atoms with van der Waals surface area (Å²) in [5.74, 6) is 0. The van der Waals surface area contributed by atoms with Crippen molar-refractivity contribution in [2.75, 3.05) is 61.9 Å². The van der Waals surface area contributed by atoms with E-state index in [1.54, 1.807) is 6.07 Å². The number of nitro groups is 1. The van der Waals surface area contributed by atoms with Crippen LogP contribution in [0, 0.1) is 10.1 Å². The minimum Gasteiger partial charge on any atom is -0.369 e. The van der Waals surface area contributed by atoms with E-state index in [0.717, 1.165) is 13.0 Å². The number of alkyl halides is 2. The molecule has 1 aromatic rings. The summed E-state index contributed by atoms with van der Waals surface area (Å²) >= 11 is 6.79. The van der Waals surface area contributed by atoms with Crippen molar-refractivity contribution in [1.29, 1.82) is 0 Å². The number of rotatable bonds is 8. The molecule has 0 unspecified atom stereocenters. The number of nitro benzene ring substituents is 1. The fourth-order valence-electron chi connectivity index (χ4n) is 3.04. The number of likely N-dealkylation sites (N-methyl/N-ethyl adjacent to an activating group) is 1. The Morgan fingerprint density at radius 2 is 1.81 bits per heavy atom. The van der Waals surface area contributed by atoms with Gasteiger partial charge in [-0.15, -0.1) is 0 Å². The predicted octanol–water partition coefficient (Wildman–Crippen LogP) is 2.52. The lowest BCUT2D eigenvalue weighted by Crippen LogP contribution is -2.36. The van der Waals surface area contributed by atoms with Crippen molar-refractivity contribution < 1.29 is 13.3 Å². The van der Waals surface area contributed by atoms with E-state index in [4.69, 9.17) is 0 Å². The Morgan fingerprint density at radius 3 is 2.41 bits per heavy atom. The summed E-state index contributed by atoms with van der Waals surface area (Å²) in [5, 5.41) is 12.6. The topological polar surface area (TPSA) is 87.0 Å². The fraction of sp³-hybridized carbons (Fsp3) is 0.625. The second-order valence-corrected chi connectivity index (χ2v) is 9.83. The molecule has 0 bridgehead atoms. The van der Waals surface area contributed by atoms with Crippen molar-refractivity contribution in [2.24, 2.45) is 0 Å². The second kappa shape index (κ2) is 10.1. The average Bonchev–Trinajstić information content (AvgIpc) is 2.86. The number of benzene rings is 1. The summed E-state index contributed by atoms with van der Waals surface area (Å²) in [6, 6.07) is 4.09. The lowest BCUT2D eigenvalue weighted by Gasteiger charge is -2.28. The molecule has 2 rings (SSSR count). The first-order valence-corrected chi connectivity index (χ1v) is 12.3. The SMILES string of the molecule is CN1CCCN(S(=O)(=O)c2cc([N+](=O)[O-])ccc2N(CCBr)CCBr)CC1. The maximum absolute atomic E-state index is 13.4. The highest BCUT2D eigenvalue weighted by molar-refractivity contribution is 9.09. The van der Waals surface area contributed by atoms with Gasteiger partial charge in [-0.2, -0.15) is 4.31 Å². The van der Waals surface area contributed by atoms with Crippen molar-refractivity contribution in [3.05, 3.63) is 28.3 Å². The van der Waals surface area contributed by atoms with Gasteiger partial charge in [0.2, 0.25) is 10.0 Å². The maximum Gasteiger partial charge on any atom is 0.270 e. The van der Waals surface area contributed by atoms with Crippen LogP contribution in [0.1, 0.15) is 6.42 Å². The average molecular weight is 528 g/mol. The van der Waals surface area contributed by atoms with E-state index < -0.39 is 14.9 Å². The molecule has 152 valence electrons. The number of non-ortho nitro benzene ring substituents is 1. The Hall–Kier alpha value is -0.750. The van der Waals surface area contributed by atoms with Gasteiger partial charge in [-0.25, -0.2) is 8.42 Å². The third-order valence-corrected chi connectivity index (χ3v) is 7.14. The molecule has 8 nitrogen and oxygen atoms in total. The molecule has 1 aromatic carbocycles. The zero-order valence-corrected chi connectivity index (χ0v) is 19.2. The Kier molecular flexibility index (Phi) is 8.47. The molecule has 0 atom stereocenters. The lowest BCUT2D eigenvalue weighted by atomic mass is 10.2. The third-order valence-electron chi connectivity index (χ3n) is 4.50. The monoisotopic (exact) mass is 526 g/mol. The van der Waals surface area contributed by atoms with Crippen molar-refractivity contribution in [3.8, 4) is 0 Å². The van der Waals surface area contributed by atoms with Gasteiger partial charge in [0.15, 0.2) is 0 Å². The van der Waals surface area contributed by atoms with Gasteiger partial charge in [0.25, 0.3) is 5.69 Å². The van der Waals surface area contributed by atoms with E-state index in [1.807, 2.05) is 11.9 Å². The first-order chi connectivity index (χ1) is 12.8. The molecule has 11 heteroatoms. The number of anilines is 1. The molecule has 1 saturated heterocycles. The van der Waals surface area contributed by atoms with Crippen LogP contribution >= 0.6 is 31.9 Å². The van der Waals surface area contributed by atoms with Gasteiger partial charge in [0.1, 0.15) is 4.90 Å². The highest BCUT2D eigenvalue weighted by Crippen LogP contribution is 2.32. The normalized spacial score (nSPS) is 16.9. The van der Waals surface area contributed by atoms with E-state index in [0.29, 0.717) is 49.1 Å². The molecule has 27 heavy (non-hydrogen) atoms. The predicted molar refractivity (Wildman–Crippen MR) is 114 cm³/mol. The van der Waals surface area contributed by atoms with Crippen LogP contribution in [0.3, 0.4) is 0 Å².